The Balaban J connectivity index is 1.57. The van der Waals surface area contributed by atoms with Gasteiger partial charge < -0.3 is 0 Å². The van der Waals surface area contributed by atoms with E-state index < -0.39 is 0 Å². The van der Waals surface area contributed by atoms with Gasteiger partial charge in [-0.25, -0.2) is 0 Å². The van der Waals surface area contributed by atoms with E-state index >= 15 is 0 Å². The van der Waals surface area contributed by atoms with Gasteiger partial charge in [0.25, 0.3) is 0 Å². The molecule has 25 heavy (non-hydrogen) atoms. The summed E-state index contributed by atoms with van der Waals surface area (Å²) in [5, 5.41) is 0.688. The van der Waals surface area contributed by atoms with Gasteiger partial charge in [0.1, 0.15) is 0 Å². The summed E-state index contributed by atoms with van der Waals surface area (Å²) in [5.74, 6) is 0.188. The summed E-state index contributed by atoms with van der Waals surface area (Å²) in [4.78, 5) is 15.3. The van der Waals surface area contributed by atoms with E-state index in [9.17, 15) is 4.79 Å². The molecule has 0 aromatic heterocycles. The molecule has 2 aromatic rings. The summed E-state index contributed by atoms with van der Waals surface area (Å²) < 4.78 is 0. The van der Waals surface area contributed by atoms with Crippen LogP contribution >= 0.6 is 23.5 Å². The number of thioether (sulfide) groups is 2. The van der Waals surface area contributed by atoms with Gasteiger partial charge >= 0.3 is 0 Å². The van der Waals surface area contributed by atoms with Crippen LogP contribution in [-0.4, -0.2) is 17.3 Å². The molecule has 0 atom stereocenters. The highest BCUT2D eigenvalue weighted by atomic mass is 32.2. The van der Waals surface area contributed by atoms with Crippen molar-refractivity contribution >= 4 is 29.3 Å². The lowest BCUT2D eigenvalue weighted by molar-refractivity contribution is 0.104. The standard InChI is InChI=1S/C22H24OS2/c1-22(2)10-8-14(9-11-22)25-16-5-7-18-17-6-4-15(24-3)12-19(17)21(23)20(18)13-16/h4-7,12-14H,8-11H2,1-3H3. The molecule has 2 aliphatic rings. The highest BCUT2D eigenvalue weighted by Gasteiger charge is 2.29. The van der Waals surface area contributed by atoms with Gasteiger partial charge in [-0.1, -0.05) is 26.0 Å². The molecule has 3 heteroatoms. The van der Waals surface area contributed by atoms with E-state index in [4.69, 9.17) is 0 Å². The fraction of sp³-hybridized carbons (Fsp3) is 0.409. The third-order valence-corrected chi connectivity index (χ3v) is 7.64. The van der Waals surface area contributed by atoms with E-state index in [0.717, 1.165) is 27.1 Å². The maximum atomic E-state index is 12.9. The van der Waals surface area contributed by atoms with E-state index in [0.29, 0.717) is 10.7 Å². The predicted octanol–water partition coefficient (Wildman–Crippen LogP) is 6.68. The van der Waals surface area contributed by atoms with E-state index in [1.165, 1.54) is 30.6 Å². The third kappa shape index (κ3) is 3.29. The number of benzene rings is 2. The lowest BCUT2D eigenvalue weighted by Gasteiger charge is -2.34. The Hall–Kier alpha value is -1.19. The van der Waals surface area contributed by atoms with Crippen molar-refractivity contribution in [2.75, 3.05) is 6.26 Å². The zero-order valence-corrected chi connectivity index (χ0v) is 16.7. The Bertz CT molecular complexity index is 828. The average molecular weight is 369 g/mol. The minimum atomic E-state index is 0.188. The minimum Gasteiger partial charge on any atom is -0.289 e. The second kappa shape index (κ2) is 6.51. The fourth-order valence-corrected chi connectivity index (χ4v) is 5.55. The molecule has 2 aliphatic carbocycles. The first-order valence-electron chi connectivity index (χ1n) is 9.01. The minimum absolute atomic E-state index is 0.188. The van der Waals surface area contributed by atoms with E-state index in [2.05, 4.69) is 50.4 Å². The highest BCUT2D eigenvalue weighted by Crippen LogP contribution is 2.44. The molecule has 0 amide bonds. The Labute approximate surface area is 159 Å². The van der Waals surface area contributed by atoms with Gasteiger partial charge in [0.2, 0.25) is 0 Å². The number of hydrogen-bond donors (Lipinski definition) is 0. The average Bonchev–Trinajstić information content (AvgIpc) is 2.89. The zero-order chi connectivity index (χ0) is 17.6. The summed E-state index contributed by atoms with van der Waals surface area (Å²) in [7, 11) is 0. The van der Waals surface area contributed by atoms with Gasteiger partial charge in [-0.15, -0.1) is 23.5 Å². The predicted molar refractivity (Wildman–Crippen MR) is 109 cm³/mol. The van der Waals surface area contributed by atoms with Crippen LogP contribution in [0.15, 0.2) is 46.2 Å². The van der Waals surface area contributed by atoms with Crippen LogP contribution in [0.3, 0.4) is 0 Å². The van der Waals surface area contributed by atoms with Crippen molar-refractivity contribution in [2.24, 2.45) is 5.41 Å². The van der Waals surface area contributed by atoms with Gasteiger partial charge in [0.05, 0.1) is 0 Å². The van der Waals surface area contributed by atoms with Crippen molar-refractivity contribution in [3.05, 3.63) is 47.5 Å². The lowest BCUT2D eigenvalue weighted by atomic mass is 9.77. The van der Waals surface area contributed by atoms with Gasteiger partial charge in [0.15, 0.2) is 5.78 Å². The van der Waals surface area contributed by atoms with Crippen LogP contribution in [0.1, 0.15) is 55.5 Å². The number of fused-ring (bicyclic) bond motifs is 3. The summed E-state index contributed by atoms with van der Waals surface area (Å²) >= 11 is 3.65. The van der Waals surface area contributed by atoms with E-state index in [1.54, 1.807) is 11.8 Å². The molecular weight excluding hydrogens is 344 g/mol. The van der Waals surface area contributed by atoms with Crippen LogP contribution in [0, 0.1) is 5.41 Å². The fourth-order valence-electron chi connectivity index (χ4n) is 3.92. The largest absolute Gasteiger partial charge is 0.289 e. The van der Waals surface area contributed by atoms with Crippen LogP contribution in [0.4, 0.5) is 0 Å². The van der Waals surface area contributed by atoms with Gasteiger partial charge in [0, 0.05) is 26.2 Å². The van der Waals surface area contributed by atoms with Crippen molar-refractivity contribution < 1.29 is 4.79 Å². The Morgan fingerprint density at radius 2 is 1.44 bits per heavy atom. The lowest BCUT2D eigenvalue weighted by Crippen LogP contribution is -2.22. The summed E-state index contributed by atoms with van der Waals surface area (Å²) in [6, 6.07) is 12.7. The van der Waals surface area contributed by atoms with Crippen molar-refractivity contribution in [1.29, 1.82) is 0 Å². The molecule has 0 saturated heterocycles. The molecule has 1 nitrogen and oxygen atoms in total. The zero-order valence-electron chi connectivity index (χ0n) is 15.1. The Morgan fingerprint density at radius 3 is 2.04 bits per heavy atom. The first kappa shape index (κ1) is 17.2. The monoisotopic (exact) mass is 368 g/mol. The van der Waals surface area contributed by atoms with Crippen molar-refractivity contribution in [3.63, 3.8) is 0 Å². The molecule has 0 unspecified atom stereocenters. The smallest absolute Gasteiger partial charge is 0.194 e. The topological polar surface area (TPSA) is 17.1 Å². The van der Waals surface area contributed by atoms with Crippen LogP contribution < -0.4 is 0 Å². The molecule has 0 N–H and O–H groups in total. The highest BCUT2D eigenvalue weighted by molar-refractivity contribution is 8.00. The van der Waals surface area contributed by atoms with Gasteiger partial charge in [-0.05, 0) is 72.7 Å². The first-order chi connectivity index (χ1) is 12.0. The molecule has 0 radical (unpaired) electrons. The second-order valence-electron chi connectivity index (χ2n) is 7.93. The SMILES string of the molecule is CSc1ccc2c(c1)C(=O)c1cc(SC3CCC(C)(C)CC3)ccc1-2. The normalized spacial score (nSPS) is 18.9. The van der Waals surface area contributed by atoms with Crippen LogP contribution in [0.5, 0.6) is 0 Å². The van der Waals surface area contributed by atoms with Crippen molar-refractivity contribution in [2.45, 2.75) is 54.6 Å². The molecule has 0 aliphatic heterocycles. The van der Waals surface area contributed by atoms with Crippen molar-refractivity contribution in [1.82, 2.24) is 0 Å². The third-order valence-electron chi connectivity index (χ3n) is 5.59. The van der Waals surface area contributed by atoms with E-state index in [-0.39, 0.29) is 5.78 Å². The number of hydrogen-bond acceptors (Lipinski definition) is 3. The first-order valence-corrected chi connectivity index (χ1v) is 11.1. The van der Waals surface area contributed by atoms with Gasteiger partial charge in [-0.2, -0.15) is 0 Å². The number of rotatable bonds is 3. The van der Waals surface area contributed by atoms with Gasteiger partial charge in [-0.3, -0.25) is 4.79 Å². The molecule has 4 rings (SSSR count). The van der Waals surface area contributed by atoms with E-state index in [1.807, 2.05) is 17.8 Å². The van der Waals surface area contributed by atoms with Crippen LogP contribution in [-0.2, 0) is 0 Å². The summed E-state index contributed by atoms with van der Waals surface area (Å²) in [6.07, 6.45) is 7.21. The Morgan fingerprint density at radius 1 is 0.880 bits per heavy atom. The molecule has 1 fully saturated rings. The maximum absolute atomic E-state index is 12.9. The molecule has 0 bridgehead atoms. The summed E-state index contributed by atoms with van der Waals surface area (Å²) in [5.41, 5.74) is 4.44. The number of carbonyl (C=O) groups excluding carboxylic acids is 1. The molecule has 1 saturated carbocycles. The molecule has 2 aromatic carbocycles. The number of carbonyl (C=O) groups is 1. The number of ketones is 1. The summed E-state index contributed by atoms with van der Waals surface area (Å²) in [6.45, 7) is 4.75. The second-order valence-corrected chi connectivity index (χ2v) is 10.2. The maximum Gasteiger partial charge on any atom is 0.194 e. The van der Waals surface area contributed by atoms with Crippen LogP contribution in [0.2, 0.25) is 0 Å². The molecule has 0 heterocycles. The molecule has 130 valence electrons. The quantitative estimate of drug-likeness (QED) is 0.480. The van der Waals surface area contributed by atoms with Crippen LogP contribution in [0.25, 0.3) is 11.1 Å². The van der Waals surface area contributed by atoms with Crippen molar-refractivity contribution in [3.8, 4) is 11.1 Å². The Kier molecular flexibility index (Phi) is 4.49. The molecule has 0 spiro atoms. The molecular formula is C22H24OS2.